The molecule has 2 aliphatic carbocycles. The lowest BCUT2D eigenvalue weighted by atomic mass is 10.1. The van der Waals surface area contributed by atoms with E-state index < -0.39 is 5.97 Å². The number of allylic oxidation sites excluding steroid dienone is 8. The van der Waals surface area contributed by atoms with Crippen LogP contribution in [0.15, 0.2) is 48.6 Å². The Kier molecular flexibility index (Phi) is 9.44. The van der Waals surface area contributed by atoms with Crippen molar-refractivity contribution in [3.8, 4) is 0 Å². The third kappa shape index (κ3) is 8.29. The summed E-state index contributed by atoms with van der Waals surface area (Å²) in [6.07, 6.45) is 22.1. The molecule has 0 spiro atoms. The van der Waals surface area contributed by atoms with Gasteiger partial charge in [0.25, 0.3) is 0 Å². The van der Waals surface area contributed by atoms with Gasteiger partial charge in [0.2, 0.25) is 0 Å². The smallest absolute Gasteiger partial charge is 0.303 e. The lowest BCUT2D eigenvalue weighted by Crippen LogP contribution is -2.09. The minimum atomic E-state index is -0.673. The van der Waals surface area contributed by atoms with E-state index in [1.807, 2.05) is 11.8 Å². The Balaban J connectivity index is 1.63. The van der Waals surface area contributed by atoms with Crippen molar-refractivity contribution < 1.29 is 9.90 Å². The molecule has 4 heteroatoms. The number of hydrogen-bond acceptors (Lipinski definition) is 3. The van der Waals surface area contributed by atoms with Crippen molar-refractivity contribution in [2.75, 3.05) is 17.3 Å². The molecule has 2 nitrogen and oxygen atoms in total. The van der Waals surface area contributed by atoms with E-state index in [9.17, 15) is 4.79 Å². The molecule has 132 valence electrons. The van der Waals surface area contributed by atoms with E-state index in [-0.39, 0.29) is 0 Å². The second-order valence-electron chi connectivity index (χ2n) is 6.33. The molecule has 0 aromatic carbocycles. The first kappa shape index (κ1) is 19.5. The predicted molar refractivity (Wildman–Crippen MR) is 108 cm³/mol. The number of aliphatic carboxylic acids is 1. The Labute approximate surface area is 154 Å². The molecule has 0 aromatic rings. The Morgan fingerprint density at radius 1 is 0.917 bits per heavy atom. The van der Waals surface area contributed by atoms with Crippen LogP contribution in [-0.2, 0) is 4.79 Å². The summed E-state index contributed by atoms with van der Waals surface area (Å²) in [4.78, 5) is 10.6. The number of hydrogen-bond donors (Lipinski definition) is 1. The van der Waals surface area contributed by atoms with Gasteiger partial charge in [0.05, 0.1) is 0 Å². The summed E-state index contributed by atoms with van der Waals surface area (Å²) in [6.45, 7) is 0. The number of carboxylic acids is 1. The second kappa shape index (κ2) is 11.6. The molecule has 0 bridgehead atoms. The fourth-order valence-corrected chi connectivity index (χ4v) is 5.41. The van der Waals surface area contributed by atoms with Crippen molar-refractivity contribution in [1.29, 1.82) is 0 Å². The summed E-state index contributed by atoms with van der Waals surface area (Å²) >= 11 is 4.11. The zero-order valence-electron chi connectivity index (χ0n) is 14.2. The van der Waals surface area contributed by atoms with Crippen molar-refractivity contribution in [2.24, 2.45) is 11.8 Å². The van der Waals surface area contributed by atoms with Crippen LogP contribution in [0.3, 0.4) is 0 Å². The van der Waals surface area contributed by atoms with Crippen LogP contribution in [0.25, 0.3) is 0 Å². The van der Waals surface area contributed by atoms with Crippen molar-refractivity contribution >= 4 is 29.5 Å². The van der Waals surface area contributed by atoms with E-state index in [4.69, 9.17) is 5.11 Å². The molecule has 0 heterocycles. The second-order valence-corrected chi connectivity index (χ2v) is 8.81. The first-order chi connectivity index (χ1) is 11.7. The molecule has 0 aromatic heterocycles. The maximum absolute atomic E-state index is 10.6. The molecule has 2 rings (SSSR count). The first-order valence-electron chi connectivity index (χ1n) is 8.85. The van der Waals surface area contributed by atoms with E-state index in [0.717, 1.165) is 25.0 Å². The molecule has 0 saturated carbocycles. The van der Waals surface area contributed by atoms with E-state index in [0.29, 0.717) is 23.5 Å². The fraction of sp³-hybridized carbons (Fsp3) is 0.550. The summed E-state index contributed by atoms with van der Waals surface area (Å²) in [5.74, 6) is 4.05. The van der Waals surface area contributed by atoms with Crippen LogP contribution >= 0.6 is 23.5 Å². The molecule has 0 saturated heterocycles. The Morgan fingerprint density at radius 3 is 2.17 bits per heavy atom. The minimum Gasteiger partial charge on any atom is -0.481 e. The summed E-state index contributed by atoms with van der Waals surface area (Å²) < 4.78 is 0. The van der Waals surface area contributed by atoms with Gasteiger partial charge in [0.15, 0.2) is 0 Å². The standard InChI is InChI=1S/C20H28O2S2/c21-20(22)12-6-5-11-19(24-16-18-9-3-4-10-18)13-14-23-15-17-7-1-2-8-17/h1-4,7-10,17-19H,5-6,11-16H2,(H,21,22). The summed E-state index contributed by atoms with van der Waals surface area (Å²) in [6, 6.07) is 0. The van der Waals surface area contributed by atoms with Crippen LogP contribution in [0.2, 0.25) is 0 Å². The number of thioether (sulfide) groups is 2. The molecule has 1 atom stereocenters. The van der Waals surface area contributed by atoms with Gasteiger partial charge in [-0.05, 0) is 25.0 Å². The summed E-state index contributed by atoms with van der Waals surface area (Å²) in [7, 11) is 0. The molecular weight excluding hydrogens is 336 g/mol. The molecule has 0 radical (unpaired) electrons. The minimum absolute atomic E-state index is 0.306. The fourth-order valence-electron chi connectivity index (χ4n) is 2.82. The molecule has 24 heavy (non-hydrogen) atoms. The summed E-state index contributed by atoms with van der Waals surface area (Å²) in [5.41, 5.74) is 0. The highest BCUT2D eigenvalue weighted by Gasteiger charge is 2.13. The van der Waals surface area contributed by atoms with E-state index >= 15 is 0 Å². The number of carboxylic acid groups (broad SMARTS) is 1. The maximum Gasteiger partial charge on any atom is 0.303 e. The lowest BCUT2D eigenvalue weighted by molar-refractivity contribution is -0.137. The van der Waals surface area contributed by atoms with Crippen molar-refractivity contribution in [3.63, 3.8) is 0 Å². The Hall–Kier alpha value is -0.870. The van der Waals surface area contributed by atoms with Crippen molar-refractivity contribution in [3.05, 3.63) is 48.6 Å². The van der Waals surface area contributed by atoms with Gasteiger partial charge >= 0.3 is 5.97 Å². The average molecular weight is 365 g/mol. The highest BCUT2D eigenvalue weighted by atomic mass is 32.2. The van der Waals surface area contributed by atoms with Crippen LogP contribution < -0.4 is 0 Å². The molecule has 0 aliphatic heterocycles. The Morgan fingerprint density at radius 2 is 1.54 bits per heavy atom. The van der Waals surface area contributed by atoms with Gasteiger partial charge in [0, 0.05) is 35.0 Å². The van der Waals surface area contributed by atoms with Crippen molar-refractivity contribution in [1.82, 2.24) is 0 Å². The largest absolute Gasteiger partial charge is 0.481 e. The van der Waals surface area contributed by atoms with Crippen LogP contribution in [-0.4, -0.2) is 33.6 Å². The van der Waals surface area contributed by atoms with E-state index in [1.54, 1.807) is 0 Å². The van der Waals surface area contributed by atoms with Gasteiger partial charge in [-0.15, -0.1) is 0 Å². The normalized spacial score (nSPS) is 18.0. The van der Waals surface area contributed by atoms with Crippen LogP contribution in [0.5, 0.6) is 0 Å². The maximum atomic E-state index is 10.6. The molecule has 0 amide bonds. The number of unbranched alkanes of at least 4 members (excludes halogenated alkanes) is 1. The van der Waals surface area contributed by atoms with Crippen LogP contribution in [0, 0.1) is 11.8 Å². The lowest BCUT2D eigenvalue weighted by Gasteiger charge is -2.18. The highest BCUT2D eigenvalue weighted by Crippen LogP contribution is 2.27. The summed E-state index contributed by atoms with van der Waals surface area (Å²) in [5, 5.41) is 9.42. The van der Waals surface area contributed by atoms with Gasteiger partial charge in [-0.2, -0.15) is 23.5 Å². The molecule has 0 fully saturated rings. The highest BCUT2D eigenvalue weighted by molar-refractivity contribution is 8.00. The third-order valence-electron chi connectivity index (χ3n) is 4.24. The molecule has 2 aliphatic rings. The van der Waals surface area contributed by atoms with Crippen LogP contribution in [0.1, 0.15) is 32.1 Å². The molecular formula is C20H28O2S2. The van der Waals surface area contributed by atoms with Gasteiger partial charge in [-0.25, -0.2) is 0 Å². The van der Waals surface area contributed by atoms with E-state index in [1.165, 1.54) is 17.9 Å². The monoisotopic (exact) mass is 364 g/mol. The predicted octanol–water partition coefficient (Wildman–Crippen LogP) is 5.34. The topological polar surface area (TPSA) is 37.3 Å². The van der Waals surface area contributed by atoms with Crippen LogP contribution in [0.4, 0.5) is 0 Å². The first-order valence-corrected chi connectivity index (χ1v) is 11.1. The SMILES string of the molecule is O=C(O)CCCCC(CCSCC1C=CC=C1)SCC1C=CC=C1. The molecule has 1 N–H and O–H groups in total. The number of rotatable bonds is 13. The van der Waals surface area contributed by atoms with Crippen molar-refractivity contribution in [2.45, 2.75) is 37.4 Å². The number of carbonyl (C=O) groups is 1. The zero-order valence-corrected chi connectivity index (χ0v) is 15.8. The quantitative estimate of drug-likeness (QED) is 0.448. The zero-order chi connectivity index (χ0) is 17.0. The Bertz CT molecular complexity index is 470. The average Bonchev–Trinajstić information content (AvgIpc) is 3.25. The van der Waals surface area contributed by atoms with Gasteiger partial charge in [-0.1, -0.05) is 55.0 Å². The van der Waals surface area contributed by atoms with Gasteiger partial charge < -0.3 is 5.11 Å². The van der Waals surface area contributed by atoms with Gasteiger partial charge in [0.1, 0.15) is 0 Å². The van der Waals surface area contributed by atoms with E-state index in [2.05, 4.69) is 60.4 Å². The molecule has 1 unspecified atom stereocenters. The van der Waals surface area contributed by atoms with Gasteiger partial charge in [-0.3, -0.25) is 4.79 Å². The third-order valence-corrected chi connectivity index (χ3v) is 6.91.